The van der Waals surface area contributed by atoms with Crippen LogP contribution in [0, 0.1) is 6.92 Å². The molecule has 0 unspecified atom stereocenters. The van der Waals surface area contributed by atoms with Gasteiger partial charge in [0.2, 0.25) is 0 Å². The molecule has 8 nitrogen and oxygen atoms in total. The number of benzene rings is 1. The number of halogens is 2. The lowest BCUT2D eigenvalue weighted by Gasteiger charge is -2.22. The number of nitrogens with zero attached hydrogens (tertiary/aromatic N) is 4. The molecule has 178 valence electrons. The Balaban J connectivity index is 1.60. The van der Waals surface area contributed by atoms with Gasteiger partial charge in [-0.25, -0.2) is 14.8 Å². The van der Waals surface area contributed by atoms with Gasteiger partial charge in [0.15, 0.2) is 11.5 Å². The molecule has 1 aliphatic heterocycles. The van der Waals surface area contributed by atoms with Gasteiger partial charge in [0, 0.05) is 24.8 Å². The average Bonchev–Trinajstić information content (AvgIpc) is 3.26. The molecule has 0 amide bonds. The van der Waals surface area contributed by atoms with Gasteiger partial charge in [-0.2, -0.15) is 0 Å². The van der Waals surface area contributed by atoms with E-state index < -0.39 is 12.0 Å². The van der Waals surface area contributed by atoms with E-state index in [1.54, 1.807) is 12.3 Å². The molecule has 1 aliphatic rings. The number of anilines is 2. The Morgan fingerprint density at radius 2 is 1.80 bits per heavy atom. The van der Waals surface area contributed by atoms with Crippen molar-refractivity contribution in [3.63, 3.8) is 0 Å². The van der Waals surface area contributed by atoms with E-state index in [1.807, 2.05) is 36.9 Å². The number of aromatic nitrogens is 3. The average molecular weight is 510 g/mol. The summed E-state index contributed by atoms with van der Waals surface area (Å²) in [6.07, 6.45) is 1.70. The van der Waals surface area contributed by atoms with Gasteiger partial charge in [-0.15, -0.1) is 0 Å². The fourth-order valence-corrected chi connectivity index (χ4v) is 4.81. The first-order valence-electron chi connectivity index (χ1n) is 10.9. The van der Waals surface area contributed by atoms with Crippen molar-refractivity contribution in [2.45, 2.75) is 33.0 Å². The molecule has 0 fully saturated rings. The van der Waals surface area contributed by atoms with E-state index in [0.29, 0.717) is 35.8 Å². The Bertz CT molecular complexity index is 1530. The SMILES string of the molecule is Cc1cc([C@@H](C)Nc2ccc(Cl)nc2C(=O)O)c2nc(N3Cc4ccccc4C3)c(Cl)c(=O)n2c1. The van der Waals surface area contributed by atoms with E-state index in [4.69, 9.17) is 28.2 Å². The molecule has 1 aromatic carbocycles. The van der Waals surface area contributed by atoms with Crippen molar-refractivity contribution >= 4 is 46.3 Å². The molecule has 0 bridgehead atoms. The molecule has 10 heteroatoms. The number of carbonyl (C=O) groups is 1. The number of carboxylic acids is 1. The fraction of sp³-hybridized carbons (Fsp3) is 0.200. The van der Waals surface area contributed by atoms with Gasteiger partial charge in [-0.05, 0) is 48.7 Å². The minimum absolute atomic E-state index is 0.0579. The molecule has 5 rings (SSSR count). The van der Waals surface area contributed by atoms with Crippen LogP contribution in [0.25, 0.3) is 5.65 Å². The molecular formula is C25H21Cl2N5O3. The number of hydrogen-bond acceptors (Lipinski definition) is 6. The quantitative estimate of drug-likeness (QED) is 0.361. The Hall–Kier alpha value is -3.62. The number of pyridine rings is 2. The third kappa shape index (κ3) is 4.19. The summed E-state index contributed by atoms with van der Waals surface area (Å²) < 4.78 is 1.44. The summed E-state index contributed by atoms with van der Waals surface area (Å²) in [4.78, 5) is 35.7. The highest BCUT2D eigenvalue weighted by atomic mass is 35.5. The summed E-state index contributed by atoms with van der Waals surface area (Å²) in [6, 6.07) is 12.7. The number of rotatable bonds is 5. The van der Waals surface area contributed by atoms with Crippen LogP contribution in [0.2, 0.25) is 10.2 Å². The molecule has 0 aliphatic carbocycles. The van der Waals surface area contributed by atoms with Gasteiger partial charge in [-0.1, -0.05) is 47.5 Å². The van der Waals surface area contributed by atoms with Crippen LogP contribution in [0.4, 0.5) is 11.5 Å². The molecule has 4 heterocycles. The summed E-state index contributed by atoms with van der Waals surface area (Å²) in [5.74, 6) is -0.780. The van der Waals surface area contributed by atoms with Gasteiger partial charge in [-0.3, -0.25) is 9.20 Å². The molecule has 0 spiro atoms. The number of carboxylic acid groups (broad SMARTS) is 1. The van der Waals surface area contributed by atoms with Crippen LogP contribution >= 0.6 is 23.2 Å². The smallest absolute Gasteiger partial charge is 0.356 e. The monoisotopic (exact) mass is 509 g/mol. The summed E-state index contributed by atoms with van der Waals surface area (Å²) >= 11 is 12.4. The molecule has 0 saturated carbocycles. The largest absolute Gasteiger partial charge is 0.476 e. The summed E-state index contributed by atoms with van der Waals surface area (Å²) in [5.41, 5.74) is 4.07. The third-order valence-electron chi connectivity index (χ3n) is 6.06. The predicted octanol–water partition coefficient (Wildman–Crippen LogP) is 5.10. The first-order chi connectivity index (χ1) is 16.7. The highest BCUT2D eigenvalue weighted by molar-refractivity contribution is 6.32. The number of aromatic carboxylic acids is 1. The summed E-state index contributed by atoms with van der Waals surface area (Å²) in [6.45, 7) is 4.94. The molecule has 35 heavy (non-hydrogen) atoms. The minimum atomic E-state index is -1.20. The topological polar surface area (TPSA) is 99.8 Å². The second-order valence-corrected chi connectivity index (χ2v) is 9.31. The predicted molar refractivity (Wildman–Crippen MR) is 136 cm³/mol. The fourth-order valence-electron chi connectivity index (χ4n) is 4.41. The first-order valence-corrected chi connectivity index (χ1v) is 11.7. The van der Waals surface area contributed by atoms with Crippen LogP contribution in [-0.2, 0) is 13.1 Å². The second kappa shape index (κ2) is 8.87. The van der Waals surface area contributed by atoms with Crippen LogP contribution in [0.15, 0.2) is 53.5 Å². The van der Waals surface area contributed by atoms with E-state index in [0.717, 1.165) is 5.56 Å². The van der Waals surface area contributed by atoms with Crippen molar-refractivity contribution in [2.75, 3.05) is 10.2 Å². The maximum absolute atomic E-state index is 13.3. The van der Waals surface area contributed by atoms with Crippen molar-refractivity contribution in [3.05, 3.63) is 97.1 Å². The second-order valence-electron chi connectivity index (χ2n) is 8.55. The van der Waals surface area contributed by atoms with E-state index in [1.165, 1.54) is 21.6 Å². The van der Waals surface area contributed by atoms with E-state index in [9.17, 15) is 14.7 Å². The normalized spacial score (nSPS) is 13.7. The van der Waals surface area contributed by atoms with Gasteiger partial charge >= 0.3 is 5.97 Å². The molecule has 3 aromatic heterocycles. The lowest BCUT2D eigenvalue weighted by Crippen LogP contribution is -2.25. The van der Waals surface area contributed by atoms with Crippen molar-refractivity contribution in [3.8, 4) is 0 Å². The van der Waals surface area contributed by atoms with Gasteiger partial charge in [0.05, 0.1) is 11.7 Å². The number of hydrogen-bond donors (Lipinski definition) is 2. The van der Waals surface area contributed by atoms with Crippen LogP contribution in [-0.4, -0.2) is 25.4 Å². The lowest BCUT2D eigenvalue weighted by molar-refractivity contribution is 0.0691. The third-order valence-corrected chi connectivity index (χ3v) is 6.60. The zero-order valence-corrected chi connectivity index (χ0v) is 20.4. The highest BCUT2D eigenvalue weighted by Gasteiger charge is 2.26. The highest BCUT2D eigenvalue weighted by Crippen LogP contribution is 2.32. The summed E-state index contributed by atoms with van der Waals surface area (Å²) in [5, 5.41) is 12.9. The van der Waals surface area contributed by atoms with Gasteiger partial charge in [0.1, 0.15) is 15.8 Å². The van der Waals surface area contributed by atoms with E-state index in [2.05, 4.69) is 22.4 Å². The molecule has 0 radical (unpaired) electrons. The van der Waals surface area contributed by atoms with E-state index in [-0.39, 0.29) is 21.4 Å². The summed E-state index contributed by atoms with van der Waals surface area (Å²) in [7, 11) is 0. The Morgan fingerprint density at radius 3 is 2.46 bits per heavy atom. The molecule has 4 aromatic rings. The van der Waals surface area contributed by atoms with Crippen LogP contribution in [0.5, 0.6) is 0 Å². The Morgan fingerprint density at radius 1 is 1.11 bits per heavy atom. The zero-order chi connectivity index (χ0) is 24.9. The van der Waals surface area contributed by atoms with Crippen molar-refractivity contribution in [1.29, 1.82) is 0 Å². The first kappa shape index (κ1) is 23.1. The molecule has 1 atom stereocenters. The zero-order valence-electron chi connectivity index (χ0n) is 18.9. The molecular weight excluding hydrogens is 489 g/mol. The van der Waals surface area contributed by atoms with Crippen LogP contribution in [0.1, 0.15) is 45.7 Å². The Labute approximate surface area is 210 Å². The number of aryl methyl sites for hydroxylation is 1. The van der Waals surface area contributed by atoms with Crippen LogP contribution < -0.4 is 15.8 Å². The molecule has 0 saturated heterocycles. The molecule has 2 N–H and O–H groups in total. The van der Waals surface area contributed by atoms with Gasteiger partial charge < -0.3 is 15.3 Å². The van der Waals surface area contributed by atoms with Crippen LogP contribution in [0.3, 0.4) is 0 Å². The maximum Gasteiger partial charge on any atom is 0.356 e. The van der Waals surface area contributed by atoms with Gasteiger partial charge in [0.25, 0.3) is 5.56 Å². The van der Waals surface area contributed by atoms with E-state index >= 15 is 0 Å². The standard InChI is InChI=1S/C25H21Cl2N5O3/c1-13-9-17(14(2)28-18-7-8-19(26)29-21(18)25(34)35)22-30-23(20(27)24(33)32(22)10-13)31-11-15-5-3-4-6-16(15)12-31/h3-10,14,28H,11-12H2,1-2H3,(H,34,35)/t14-/m1/s1. The Kier molecular flexibility index (Phi) is 5.86. The van der Waals surface area contributed by atoms with Crippen molar-refractivity contribution in [2.24, 2.45) is 0 Å². The van der Waals surface area contributed by atoms with Crippen molar-refractivity contribution in [1.82, 2.24) is 14.4 Å². The minimum Gasteiger partial charge on any atom is -0.476 e. The number of nitrogens with one attached hydrogen (secondary N) is 1. The van der Waals surface area contributed by atoms with Crippen molar-refractivity contribution < 1.29 is 9.90 Å². The number of fused-ring (bicyclic) bond motifs is 2. The maximum atomic E-state index is 13.3. The lowest BCUT2D eigenvalue weighted by atomic mass is 10.1.